The third-order valence-electron chi connectivity index (χ3n) is 5.62. The molecule has 0 amide bonds. The third kappa shape index (κ3) is 2.68. The van der Waals surface area contributed by atoms with Gasteiger partial charge >= 0.3 is 5.97 Å². The van der Waals surface area contributed by atoms with E-state index in [0.29, 0.717) is 17.4 Å². The number of carbonyl (C=O) groups is 1. The Bertz CT molecular complexity index is 764. The molecule has 3 nitrogen and oxygen atoms in total. The van der Waals surface area contributed by atoms with Gasteiger partial charge in [-0.15, -0.1) is 0 Å². The average Bonchev–Trinajstić information content (AvgIpc) is 2.58. The van der Waals surface area contributed by atoms with Crippen molar-refractivity contribution in [3.05, 3.63) is 64.2 Å². The first-order valence-corrected chi connectivity index (χ1v) is 8.64. The number of hydrogen-bond acceptors (Lipinski definition) is 2. The Hall–Kier alpha value is -2.29. The Morgan fingerprint density at radius 1 is 1.12 bits per heavy atom. The first-order chi connectivity index (χ1) is 11.4. The van der Waals surface area contributed by atoms with Gasteiger partial charge in [0.1, 0.15) is 0 Å². The highest BCUT2D eigenvalue weighted by atomic mass is 16.4. The molecule has 2 aromatic rings. The standard InChI is InChI=1S/C21H25NO2/c1-5-17-14(4)18-11-6-12(2)13(3)19(18)22-20(17)15-7-9-16(10-8-15)21(23)24/h6-11,14,17,20,22H,5H2,1-4H3,(H,23,24)/t14-,17+,20+/m1/s1. The lowest BCUT2D eigenvalue weighted by Crippen LogP contribution is -2.31. The van der Waals surface area contributed by atoms with Gasteiger partial charge in [-0.1, -0.05) is 44.5 Å². The van der Waals surface area contributed by atoms with Crippen LogP contribution in [-0.4, -0.2) is 11.1 Å². The highest BCUT2D eigenvalue weighted by Crippen LogP contribution is 2.47. The molecule has 3 atom stereocenters. The van der Waals surface area contributed by atoms with Crippen LogP contribution in [0.2, 0.25) is 0 Å². The number of anilines is 1. The van der Waals surface area contributed by atoms with Gasteiger partial charge in [-0.2, -0.15) is 0 Å². The van der Waals surface area contributed by atoms with Crippen LogP contribution < -0.4 is 5.32 Å². The molecule has 0 spiro atoms. The lowest BCUT2D eigenvalue weighted by Gasteiger charge is -2.40. The Kier molecular flexibility index (Phi) is 4.35. The molecule has 126 valence electrons. The van der Waals surface area contributed by atoms with E-state index in [1.807, 2.05) is 12.1 Å². The van der Waals surface area contributed by atoms with Crippen molar-refractivity contribution in [2.75, 3.05) is 5.32 Å². The predicted molar refractivity (Wildman–Crippen MR) is 97.9 cm³/mol. The summed E-state index contributed by atoms with van der Waals surface area (Å²) < 4.78 is 0. The lowest BCUT2D eigenvalue weighted by molar-refractivity contribution is 0.0697. The molecule has 0 aliphatic carbocycles. The Labute approximate surface area is 143 Å². The monoisotopic (exact) mass is 323 g/mol. The summed E-state index contributed by atoms with van der Waals surface area (Å²) in [6.07, 6.45) is 1.08. The summed E-state index contributed by atoms with van der Waals surface area (Å²) in [5.41, 5.74) is 6.74. The van der Waals surface area contributed by atoms with E-state index < -0.39 is 5.97 Å². The van der Waals surface area contributed by atoms with Crippen LogP contribution in [0.1, 0.15) is 64.8 Å². The van der Waals surface area contributed by atoms with Crippen molar-refractivity contribution in [1.82, 2.24) is 0 Å². The summed E-state index contributed by atoms with van der Waals surface area (Å²) >= 11 is 0. The number of fused-ring (bicyclic) bond motifs is 1. The molecule has 0 bridgehead atoms. The van der Waals surface area contributed by atoms with E-state index in [-0.39, 0.29) is 6.04 Å². The highest BCUT2D eigenvalue weighted by molar-refractivity contribution is 5.87. The maximum absolute atomic E-state index is 11.1. The molecule has 24 heavy (non-hydrogen) atoms. The summed E-state index contributed by atoms with van der Waals surface area (Å²) in [4.78, 5) is 11.1. The van der Waals surface area contributed by atoms with E-state index in [1.54, 1.807) is 12.1 Å². The number of hydrogen-bond donors (Lipinski definition) is 2. The van der Waals surface area contributed by atoms with E-state index in [0.717, 1.165) is 12.0 Å². The maximum Gasteiger partial charge on any atom is 0.335 e. The van der Waals surface area contributed by atoms with Gasteiger partial charge in [0.25, 0.3) is 0 Å². The zero-order valence-electron chi connectivity index (χ0n) is 14.8. The maximum atomic E-state index is 11.1. The number of carboxylic acids is 1. The van der Waals surface area contributed by atoms with Gasteiger partial charge in [-0.05, 0) is 60.1 Å². The second kappa shape index (κ2) is 6.31. The minimum atomic E-state index is -0.879. The largest absolute Gasteiger partial charge is 0.478 e. The summed E-state index contributed by atoms with van der Waals surface area (Å²) in [6.45, 7) is 8.85. The Balaban J connectivity index is 2.04. The molecule has 1 aliphatic heterocycles. The average molecular weight is 323 g/mol. The van der Waals surface area contributed by atoms with E-state index in [2.05, 4.69) is 45.1 Å². The van der Waals surface area contributed by atoms with Crippen molar-refractivity contribution in [3.63, 3.8) is 0 Å². The predicted octanol–water partition coefficient (Wildman–Crippen LogP) is 5.30. The van der Waals surface area contributed by atoms with E-state index in [1.165, 1.54) is 22.4 Å². The SMILES string of the molecule is CC[C@H]1[C@@H](C)c2ccc(C)c(C)c2N[C@H]1c1ccc(C(=O)O)cc1. The summed E-state index contributed by atoms with van der Waals surface area (Å²) in [6, 6.07) is 12.0. The highest BCUT2D eigenvalue weighted by Gasteiger charge is 2.34. The van der Waals surface area contributed by atoms with Crippen molar-refractivity contribution in [2.45, 2.75) is 46.1 Å². The minimum Gasteiger partial charge on any atom is -0.478 e. The molecule has 0 saturated heterocycles. The van der Waals surface area contributed by atoms with Gasteiger partial charge in [0.15, 0.2) is 0 Å². The fourth-order valence-corrected chi connectivity index (χ4v) is 3.94. The number of rotatable bonds is 3. The molecule has 0 saturated carbocycles. The Morgan fingerprint density at radius 3 is 2.38 bits per heavy atom. The second-order valence-electron chi connectivity index (χ2n) is 6.88. The molecular formula is C21H25NO2. The molecule has 3 heteroatoms. The van der Waals surface area contributed by atoms with Gasteiger partial charge in [-0.3, -0.25) is 0 Å². The molecule has 3 rings (SSSR count). The zero-order chi connectivity index (χ0) is 17.4. The number of aromatic carboxylic acids is 1. The third-order valence-corrected chi connectivity index (χ3v) is 5.62. The fraction of sp³-hybridized carbons (Fsp3) is 0.381. The summed E-state index contributed by atoms with van der Waals surface area (Å²) in [7, 11) is 0. The number of benzene rings is 2. The zero-order valence-corrected chi connectivity index (χ0v) is 14.8. The number of carboxylic acid groups (broad SMARTS) is 1. The Morgan fingerprint density at radius 2 is 1.79 bits per heavy atom. The van der Waals surface area contributed by atoms with Gasteiger partial charge < -0.3 is 10.4 Å². The minimum absolute atomic E-state index is 0.209. The quantitative estimate of drug-likeness (QED) is 0.806. The van der Waals surface area contributed by atoms with Gasteiger partial charge in [0.05, 0.1) is 11.6 Å². The number of aryl methyl sites for hydroxylation is 1. The van der Waals surface area contributed by atoms with Crippen LogP contribution in [0.5, 0.6) is 0 Å². The summed E-state index contributed by atoms with van der Waals surface area (Å²) in [5, 5.41) is 12.9. The molecular weight excluding hydrogens is 298 g/mol. The van der Waals surface area contributed by atoms with Crippen molar-refractivity contribution >= 4 is 11.7 Å². The van der Waals surface area contributed by atoms with E-state index in [4.69, 9.17) is 5.11 Å². The van der Waals surface area contributed by atoms with Crippen molar-refractivity contribution in [2.24, 2.45) is 5.92 Å². The van der Waals surface area contributed by atoms with Crippen LogP contribution >= 0.6 is 0 Å². The van der Waals surface area contributed by atoms with Crippen molar-refractivity contribution in [1.29, 1.82) is 0 Å². The molecule has 2 N–H and O–H groups in total. The molecule has 2 aromatic carbocycles. The smallest absolute Gasteiger partial charge is 0.335 e. The topological polar surface area (TPSA) is 49.3 Å². The lowest BCUT2D eigenvalue weighted by atomic mass is 9.74. The molecule has 0 fully saturated rings. The molecule has 1 aliphatic rings. The first-order valence-electron chi connectivity index (χ1n) is 8.64. The fourth-order valence-electron chi connectivity index (χ4n) is 3.94. The van der Waals surface area contributed by atoms with Gasteiger partial charge in [-0.25, -0.2) is 4.79 Å². The molecule has 0 aromatic heterocycles. The van der Waals surface area contributed by atoms with Crippen LogP contribution in [0, 0.1) is 19.8 Å². The normalized spacial score (nSPS) is 22.6. The summed E-state index contributed by atoms with van der Waals surface area (Å²) in [5.74, 6) is 0.0698. The van der Waals surface area contributed by atoms with Crippen LogP contribution in [0.3, 0.4) is 0 Å². The second-order valence-corrected chi connectivity index (χ2v) is 6.88. The van der Waals surface area contributed by atoms with Crippen molar-refractivity contribution in [3.8, 4) is 0 Å². The van der Waals surface area contributed by atoms with Crippen molar-refractivity contribution < 1.29 is 9.90 Å². The molecule has 0 unspecified atom stereocenters. The number of nitrogens with one attached hydrogen (secondary N) is 1. The van der Waals surface area contributed by atoms with Crippen LogP contribution in [0.4, 0.5) is 5.69 Å². The molecule has 0 radical (unpaired) electrons. The van der Waals surface area contributed by atoms with Gasteiger partial charge in [0, 0.05) is 5.69 Å². The van der Waals surface area contributed by atoms with Crippen LogP contribution in [-0.2, 0) is 0 Å². The molecule has 1 heterocycles. The van der Waals surface area contributed by atoms with E-state index >= 15 is 0 Å². The first kappa shape index (κ1) is 16.6. The van der Waals surface area contributed by atoms with Gasteiger partial charge in [0.2, 0.25) is 0 Å². The van der Waals surface area contributed by atoms with Crippen LogP contribution in [0.25, 0.3) is 0 Å². The van der Waals surface area contributed by atoms with Crippen LogP contribution in [0.15, 0.2) is 36.4 Å². The van der Waals surface area contributed by atoms with E-state index in [9.17, 15) is 4.79 Å².